The molecule has 0 heterocycles. The van der Waals surface area contributed by atoms with Gasteiger partial charge < -0.3 is 0 Å². The van der Waals surface area contributed by atoms with Crippen LogP contribution in [0.3, 0.4) is 0 Å². The minimum Gasteiger partial charge on any atom is -0.225 e. The number of rotatable bonds is 2. The van der Waals surface area contributed by atoms with Crippen LogP contribution in [-0.4, -0.2) is 8.42 Å². The quantitative estimate of drug-likeness (QED) is 0.767. The lowest BCUT2D eigenvalue weighted by atomic mass is 10.2. The molecular weight excluding hydrogens is 217 g/mol. The lowest BCUT2D eigenvalue weighted by Gasteiger charge is -2.01. The van der Waals surface area contributed by atoms with Crippen LogP contribution in [0.1, 0.15) is 5.56 Å². The van der Waals surface area contributed by atoms with Crippen molar-refractivity contribution < 1.29 is 12.8 Å². The van der Waals surface area contributed by atoms with Crippen molar-refractivity contribution in [1.29, 1.82) is 0 Å². The molecule has 0 aliphatic heterocycles. The second kappa shape index (κ2) is 3.61. The van der Waals surface area contributed by atoms with E-state index in [1.807, 2.05) is 0 Å². The van der Waals surface area contributed by atoms with Crippen molar-refractivity contribution in [3.63, 3.8) is 0 Å². The lowest BCUT2D eigenvalue weighted by molar-refractivity contribution is 0.567. The fourth-order valence-electron chi connectivity index (χ4n) is 0.849. The van der Waals surface area contributed by atoms with Crippen LogP contribution in [0.2, 0.25) is 0 Å². The zero-order chi connectivity index (χ0) is 10.1. The Morgan fingerprint density at radius 1 is 1.46 bits per heavy atom. The molecular formula is C7H7ClFNO2S. The molecule has 0 radical (unpaired) electrons. The molecule has 0 unspecified atom stereocenters. The van der Waals surface area contributed by atoms with Crippen molar-refractivity contribution in [1.82, 2.24) is 0 Å². The van der Waals surface area contributed by atoms with Gasteiger partial charge in [0.1, 0.15) is 10.7 Å². The molecule has 6 heteroatoms. The molecule has 0 atom stereocenters. The van der Waals surface area contributed by atoms with Crippen LogP contribution in [-0.2, 0) is 15.9 Å². The van der Waals surface area contributed by atoms with E-state index in [9.17, 15) is 12.8 Å². The Bertz CT molecular complexity index is 419. The second-order valence-electron chi connectivity index (χ2n) is 2.44. The summed E-state index contributed by atoms with van der Waals surface area (Å²) in [4.78, 5) is -0.523. The van der Waals surface area contributed by atoms with Crippen molar-refractivity contribution in [3.05, 3.63) is 29.6 Å². The van der Waals surface area contributed by atoms with Gasteiger partial charge >= 0.3 is 0 Å². The van der Waals surface area contributed by atoms with Crippen LogP contribution in [0.25, 0.3) is 0 Å². The highest BCUT2D eigenvalue weighted by molar-refractivity contribution is 7.89. The van der Waals surface area contributed by atoms with Gasteiger partial charge in [-0.1, -0.05) is 6.07 Å². The van der Waals surface area contributed by atoms with Crippen molar-refractivity contribution in [2.45, 2.75) is 10.8 Å². The predicted molar refractivity (Wildman–Crippen MR) is 47.3 cm³/mol. The summed E-state index contributed by atoms with van der Waals surface area (Å²) in [5.74, 6) is -0.751. The molecule has 1 aromatic rings. The first-order valence-corrected chi connectivity index (χ1v) is 5.40. The Hall–Kier alpha value is -0.650. The number of halogens is 2. The minimum absolute atomic E-state index is 0.114. The summed E-state index contributed by atoms with van der Waals surface area (Å²) in [6.45, 7) is 0. The van der Waals surface area contributed by atoms with E-state index < -0.39 is 20.7 Å². The number of sulfonamides is 1. The second-order valence-corrected chi connectivity index (χ2v) is 4.24. The third-order valence-corrected chi connectivity index (χ3v) is 2.69. The number of hydrogen-bond acceptors (Lipinski definition) is 2. The summed E-state index contributed by atoms with van der Waals surface area (Å²) >= 11 is 5.44. The highest BCUT2D eigenvalue weighted by Crippen LogP contribution is 2.15. The summed E-state index contributed by atoms with van der Waals surface area (Å²) < 4.78 is 34.5. The first kappa shape index (κ1) is 10.4. The molecule has 0 aliphatic carbocycles. The molecule has 2 N–H and O–H groups in total. The molecule has 1 aromatic carbocycles. The maximum absolute atomic E-state index is 12.9. The zero-order valence-corrected chi connectivity index (χ0v) is 8.07. The van der Waals surface area contributed by atoms with Crippen LogP contribution in [0.5, 0.6) is 0 Å². The van der Waals surface area contributed by atoms with Crippen molar-refractivity contribution >= 4 is 21.6 Å². The van der Waals surface area contributed by atoms with Crippen LogP contribution in [0.4, 0.5) is 4.39 Å². The van der Waals surface area contributed by atoms with Gasteiger partial charge in [-0.25, -0.2) is 17.9 Å². The largest absolute Gasteiger partial charge is 0.240 e. The van der Waals surface area contributed by atoms with Gasteiger partial charge in [-0.15, -0.1) is 11.6 Å². The molecule has 0 amide bonds. The molecule has 0 saturated heterocycles. The highest BCUT2D eigenvalue weighted by Gasteiger charge is 2.14. The maximum Gasteiger partial charge on any atom is 0.240 e. The molecule has 0 spiro atoms. The zero-order valence-electron chi connectivity index (χ0n) is 6.50. The fourth-order valence-corrected chi connectivity index (χ4v) is 1.67. The van der Waals surface area contributed by atoms with Crippen molar-refractivity contribution in [2.75, 3.05) is 0 Å². The van der Waals surface area contributed by atoms with E-state index in [1.54, 1.807) is 0 Å². The fraction of sp³-hybridized carbons (Fsp3) is 0.143. The van der Waals surface area contributed by atoms with E-state index >= 15 is 0 Å². The Kier molecular flexibility index (Phi) is 2.90. The van der Waals surface area contributed by atoms with Crippen LogP contribution >= 0.6 is 11.6 Å². The summed E-state index contributed by atoms with van der Waals surface area (Å²) in [5.41, 5.74) is 0.507. The number of benzene rings is 1. The SMILES string of the molecule is NS(=O)(=O)c1cc(CCl)ccc1F. The first-order chi connectivity index (χ1) is 5.95. The summed E-state index contributed by atoms with van der Waals surface area (Å²) in [7, 11) is -4.00. The monoisotopic (exact) mass is 223 g/mol. The third-order valence-electron chi connectivity index (χ3n) is 1.46. The van der Waals surface area contributed by atoms with Crippen LogP contribution in [0.15, 0.2) is 23.1 Å². The summed E-state index contributed by atoms with van der Waals surface area (Å²) in [5, 5.41) is 4.77. The number of hydrogen-bond donors (Lipinski definition) is 1. The molecule has 0 saturated carbocycles. The Morgan fingerprint density at radius 3 is 2.54 bits per heavy atom. The molecule has 0 fully saturated rings. The molecule has 3 nitrogen and oxygen atoms in total. The normalized spacial score (nSPS) is 11.6. The van der Waals surface area contributed by atoms with Crippen molar-refractivity contribution in [2.24, 2.45) is 5.14 Å². The summed E-state index contributed by atoms with van der Waals surface area (Å²) in [6.07, 6.45) is 0. The Morgan fingerprint density at radius 2 is 2.08 bits per heavy atom. The van der Waals surface area contributed by atoms with E-state index in [0.717, 1.165) is 12.1 Å². The average molecular weight is 224 g/mol. The van der Waals surface area contributed by atoms with Gasteiger partial charge in [-0.05, 0) is 17.7 Å². The molecule has 0 aliphatic rings. The minimum atomic E-state index is -4.00. The first-order valence-electron chi connectivity index (χ1n) is 3.32. The Labute approximate surface area is 80.4 Å². The number of nitrogens with two attached hydrogens (primary N) is 1. The maximum atomic E-state index is 12.9. The van der Waals surface area contributed by atoms with Gasteiger partial charge in [-0.2, -0.15) is 0 Å². The molecule has 0 aromatic heterocycles. The third kappa shape index (κ3) is 2.40. The molecule has 1 rings (SSSR count). The van der Waals surface area contributed by atoms with Crippen LogP contribution < -0.4 is 5.14 Å². The molecule has 13 heavy (non-hydrogen) atoms. The van der Waals surface area contributed by atoms with E-state index in [1.165, 1.54) is 6.07 Å². The summed E-state index contributed by atoms with van der Waals surface area (Å²) in [6, 6.07) is 3.55. The van der Waals surface area contributed by atoms with Crippen LogP contribution in [0, 0.1) is 5.82 Å². The van der Waals surface area contributed by atoms with Gasteiger partial charge in [-0.3, -0.25) is 0 Å². The van der Waals surface area contributed by atoms with E-state index in [4.69, 9.17) is 16.7 Å². The highest BCUT2D eigenvalue weighted by atomic mass is 35.5. The van der Waals surface area contributed by atoms with E-state index in [-0.39, 0.29) is 5.88 Å². The molecule has 72 valence electrons. The van der Waals surface area contributed by atoms with Crippen molar-refractivity contribution in [3.8, 4) is 0 Å². The predicted octanol–water partition coefficient (Wildman–Crippen LogP) is 1.21. The van der Waals surface area contributed by atoms with Gasteiger partial charge in [0.25, 0.3) is 0 Å². The Balaban J connectivity index is 3.36. The standard InChI is InChI=1S/C7H7ClFNO2S/c8-4-5-1-2-6(9)7(3-5)13(10,11)12/h1-3H,4H2,(H2,10,11,12). The van der Waals surface area contributed by atoms with Gasteiger partial charge in [0.2, 0.25) is 10.0 Å². The van der Waals surface area contributed by atoms with Gasteiger partial charge in [0, 0.05) is 5.88 Å². The number of alkyl halides is 1. The average Bonchev–Trinajstić information content (AvgIpc) is 2.03. The van der Waals surface area contributed by atoms with E-state index in [2.05, 4.69) is 0 Å². The number of primary sulfonamides is 1. The van der Waals surface area contributed by atoms with E-state index in [0.29, 0.717) is 5.56 Å². The smallest absolute Gasteiger partial charge is 0.225 e. The lowest BCUT2D eigenvalue weighted by Crippen LogP contribution is -2.14. The molecule has 0 bridgehead atoms. The van der Waals surface area contributed by atoms with Gasteiger partial charge in [0.05, 0.1) is 0 Å². The topological polar surface area (TPSA) is 60.2 Å². The van der Waals surface area contributed by atoms with Gasteiger partial charge in [0.15, 0.2) is 0 Å².